The van der Waals surface area contributed by atoms with Gasteiger partial charge in [-0.15, -0.1) is 0 Å². The fraction of sp³-hybridized carbons (Fsp3) is 0.900. The molecule has 5 heteroatoms. The minimum atomic E-state index is -0.575. The van der Waals surface area contributed by atoms with Crippen molar-refractivity contribution >= 4 is 37.8 Å². The quantitative estimate of drug-likeness (QED) is 0.629. The van der Waals surface area contributed by atoms with Crippen molar-refractivity contribution in [2.45, 2.75) is 30.6 Å². The van der Waals surface area contributed by atoms with E-state index in [1.807, 2.05) is 13.8 Å². The van der Waals surface area contributed by atoms with Crippen LogP contribution in [0.5, 0.6) is 0 Å². The zero-order valence-corrected chi connectivity index (χ0v) is 12.2. The molecule has 0 amide bonds. The van der Waals surface area contributed by atoms with Crippen molar-refractivity contribution in [3.05, 3.63) is 0 Å². The highest BCUT2D eigenvalue weighted by Gasteiger charge is 2.66. The number of alkyl halides is 2. The number of esters is 1. The Morgan fingerprint density at radius 3 is 2.47 bits per heavy atom. The third-order valence-electron chi connectivity index (χ3n) is 3.08. The van der Waals surface area contributed by atoms with E-state index < -0.39 is 6.10 Å². The van der Waals surface area contributed by atoms with Crippen LogP contribution in [0.4, 0.5) is 0 Å². The van der Waals surface area contributed by atoms with E-state index >= 15 is 0 Å². The van der Waals surface area contributed by atoms with Gasteiger partial charge in [0.15, 0.2) is 0 Å². The lowest BCUT2D eigenvalue weighted by Gasteiger charge is -2.12. The SMILES string of the molecule is CCOC(=O)C1C(C(O)C(Br)Br)C1(C)C. The molecule has 15 heavy (non-hydrogen) atoms. The third-order valence-corrected chi connectivity index (χ3v) is 4.16. The smallest absolute Gasteiger partial charge is 0.309 e. The first-order chi connectivity index (χ1) is 6.84. The van der Waals surface area contributed by atoms with E-state index in [4.69, 9.17) is 4.74 Å². The maximum absolute atomic E-state index is 11.6. The maximum atomic E-state index is 11.6. The molecular weight excluding hydrogens is 328 g/mol. The molecule has 0 radical (unpaired) electrons. The van der Waals surface area contributed by atoms with Crippen LogP contribution in [0.2, 0.25) is 0 Å². The summed E-state index contributed by atoms with van der Waals surface area (Å²) in [5, 5.41) is 9.89. The van der Waals surface area contributed by atoms with Crippen molar-refractivity contribution in [3.8, 4) is 0 Å². The Balaban J connectivity index is 2.66. The Morgan fingerprint density at radius 2 is 2.07 bits per heavy atom. The van der Waals surface area contributed by atoms with Gasteiger partial charge in [0.05, 0.1) is 22.4 Å². The van der Waals surface area contributed by atoms with E-state index in [-0.39, 0.29) is 27.0 Å². The summed E-state index contributed by atoms with van der Waals surface area (Å²) in [7, 11) is 0. The second-order valence-corrected chi connectivity index (χ2v) is 7.60. The number of hydrogen-bond donors (Lipinski definition) is 1. The van der Waals surface area contributed by atoms with Crippen LogP contribution in [0.15, 0.2) is 0 Å². The third kappa shape index (κ3) is 2.56. The van der Waals surface area contributed by atoms with Crippen molar-refractivity contribution in [2.75, 3.05) is 6.61 Å². The topological polar surface area (TPSA) is 46.5 Å². The number of hydrogen-bond acceptors (Lipinski definition) is 3. The second-order valence-electron chi connectivity index (χ2n) is 4.40. The van der Waals surface area contributed by atoms with Crippen molar-refractivity contribution < 1.29 is 14.6 Å². The van der Waals surface area contributed by atoms with Crippen molar-refractivity contribution in [1.82, 2.24) is 0 Å². The van der Waals surface area contributed by atoms with Crippen LogP contribution in [0.1, 0.15) is 20.8 Å². The summed E-state index contributed by atoms with van der Waals surface area (Å²) in [6, 6.07) is 0. The molecule has 1 aliphatic rings. The van der Waals surface area contributed by atoms with Crippen LogP contribution >= 0.6 is 31.9 Å². The lowest BCUT2D eigenvalue weighted by Crippen LogP contribution is -2.21. The summed E-state index contributed by atoms with van der Waals surface area (Å²) in [6.45, 7) is 6.13. The fourth-order valence-electron chi connectivity index (χ4n) is 2.15. The van der Waals surface area contributed by atoms with Crippen LogP contribution in [0.25, 0.3) is 0 Å². The lowest BCUT2D eigenvalue weighted by molar-refractivity contribution is -0.146. The van der Waals surface area contributed by atoms with Crippen LogP contribution in [0, 0.1) is 17.3 Å². The molecule has 1 N–H and O–H groups in total. The van der Waals surface area contributed by atoms with Gasteiger partial charge in [-0.1, -0.05) is 45.7 Å². The highest BCUT2D eigenvalue weighted by atomic mass is 79.9. The molecule has 88 valence electrons. The van der Waals surface area contributed by atoms with Gasteiger partial charge >= 0.3 is 5.97 Å². The van der Waals surface area contributed by atoms with E-state index in [1.54, 1.807) is 6.92 Å². The molecule has 1 saturated carbocycles. The van der Waals surface area contributed by atoms with Gasteiger partial charge in [0, 0.05) is 5.92 Å². The van der Waals surface area contributed by atoms with E-state index in [9.17, 15) is 9.90 Å². The molecule has 1 rings (SSSR count). The van der Waals surface area contributed by atoms with Gasteiger partial charge < -0.3 is 9.84 Å². The minimum absolute atomic E-state index is 0.0414. The minimum Gasteiger partial charge on any atom is -0.466 e. The van der Waals surface area contributed by atoms with Crippen LogP contribution in [0.3, 0.4) is 0 Å². The molecule has 1 aliphatic carbocycles. The molecule has 3 atom stereocenters. The predicted octanol–water partition coefficient (Wildman–Crippen LogP) is 2.30. The number of rotatable bonds is 4. The first-order valence-electron chi connectivity index (χ1n) is 4.96. The standard InChI is InChI=1S/C10H16Br2O3/c1-4-15-9(14)6-5(10(6,2)3)7(13)8(11)12/h5-8,13H,4H2,1-3H3. The van der Waals surface area contributed by atoms with Crippen LogP contribution < -0.4 is 0 Å². The summed E-state index contributed by atoms with van der Waals surface area (Å²) >= 11 is 6.52. The van der Waals surface area contributed by atoms with Gasteiger partial charge in [0.2, 0.25) is 0 Å². The normalized spacial score (nSPS) is 30.1. The number of halogens is 2. The fourth-order valence-corrected chi connectivity index (χ4v) is 2.81. The maximum Gasteiger partial charge on any atom is 0.309 e. The van der Waals surface area contributed by atoms with Gasteiger partial charge in [-0.25, -0.2) is 0 Å². The van der Waals surface area contributed by atoms with E-state index in [2.05, 4.69) is 31.9 Å². The molecule has 0 bridgehead atoms. The van der Waals surface area contributed by atoms with Crippen molar-refractivity contribution in [1.29, 1.82) is 0 Å². The average molecular weight is 344 g/mol. The molecule has 3 nitrogen and oxygen atoms in total. The average Bonchev–Trinajstić information content (AvgIpc) is 2.68. The largest absolute Gasteiger partial charge is 0.466 e. The van der Waals surface area contributed by atoms with Gasteiger partial charge in [-0.3, -0.25) is 4.79 Å². The molecule has 0 aromatic carbocycles. The molecule has 0 aromatic heterocycles. The van der Waals surface area contributed by atoms with Crippen LogP contribution in [-0.2, 0) is 9.53 Å². The van der Waals surface area contributed by atoms with Crippen molar-refractivity contribution in [3.63, 3.8) is 0 Å². The Hall–Kier alpha value is 0.390. The highest BCUT2D eigenvalue weighted by molar-refractivity contribution is 9.24. The Morgan fingerprint density at radius 1 is 1.53 bits per heavy atom. The summed E-state index contributed by atoms with van der Waals surface area (Å²) in [4.78, 5) is 11.6. The van der Waals surface area contributed by atoms with Crippen LogP contribution in [-0.4, -0.2) is 27.5 Å². The zero-order valence-electron chi connectivity index (χ0n) is 9.04. The van der Waals surface area contributed by atoms with E-state index in [0.29, 0.717) is 6.61 Å². The summed E-state index contributed by atoms with van der Waals surface area (Å²) < 4.78 is 4.79. The first-order valence-corrected chi connectivity index (χ1v) is 6.80. The number of carbonyl (C=O) groups is 1. The Bertz CT molecular complexity index is 253. The summed E-state index contributed by atoms with van der Waals surface area (Å²) in [6.07, 6.45) is -0.575. The molecule has 0 saturated heterocycles. The number of ether oxygens (including phenoxy) is 1. The lowest BCUT2D eigenvalue weighted by atomic mass is 10.1. The monoisotopic (exact) mass is 342 g/mol. The molecular formula is C10H16Br2O3. The molecule has 1 fully saturated rings. The summed E-state index contributed by atoms with van der Waals surface area (Å²) in [5.41, 5.74) is -0.175. The number of carbonyl (C=O) groups excluding carboxylic acids is 1. The molecule has 0 heterocycles. The summed E-state index contributed by atoms with van der Waals surface area (Å²) in [5.74, 6) is -0.433. The first kappa shape index (κ1) is 13.5. The molecule has 0 spiro atoms. The number of aliphatic hydroxyl groups is 1. The molecule has 0 aliphatic heterocycles. The molecule has 3 unspecified atom stereocenters. The Kier molecular flexibility index (Phi) is 4.23. The van der Waals surface area contributed by atoms with Crippen molar-refractivity contribution in [2.24, 2.45) is 17.3 Å². The van der Waals surface area contributed by atoms with Gasteiger partial charge in [-0.05, 0) is 12.3 Å². The van der Waals surface area contributed by atoms with E-state index in [1.165, 1.54) is 0 Å². The van der Waals surface area contributed by atoms with E-state index in [0.717, 1.165) is 0 Å². The van der Waals surface area contributed by atoms with Gasteiger partial charge in [0.1, 0.15) is 0 Å². The van der Waals surface area contributed by atoms with Gasteiger partial charge in [-0.2, -0.15) is 0 Å². The highest BCUT2D eigenvalue weighted by Crippen LogP contribution is 2.61. The molecule has 0 aromatic rings. The predicted molar refractivity (Wildman–Crippen MR) is 65.0 cm³/mol. The van der Waals surface area contributed by atoms with Gasteiger partial charge in [0.25, 0.3) is 0 Å². The second kappa shape index (κ2) is 4.72. The Labute approximate surface area is 107 Å². The number of aliphatic hydroxyl groups excluding tert-OH is 1. The zero-order chi connectivity index (χ0) is 11.8.